The summed E-state index contributed by atoms with van der Waals surface area (Å²) < 4.78 is 7.75. The van der Waals surface area contributed by atoms with Gasteiger partial charge in [0.15, 0.2) is 5.82 Å². The molecule has 1 aromatic heterocycles. The maximum Gasteiger partial charge on any atom is 0.154 e. The maximum atomic E-state index is 5.52. The van der Waals surface area contributed by atoms with E-state index in [4.69, 9.17) is 4.74 Å². The Hall–Kier alpha value is -1.72. The molecule has 21 heavy (non-hydrogen) atoms. The van der Waals surface area contributed by atoms with Gasteiger partial charge in [-0.2, -0.15) is 0 Å². The summed E-state index contributed by atoms with van der Waals surface area (Å²) in [6.45, 7) is 5.97. The molecule has 112 valence electrons. The highest BCUT2D eigenvalue weighted by atomic mass is 16.5. The van der Waals surface area contributed by atoms with Crippen molar-refractivity contribution in [3.8, 4) is 0 Å². The lowest BCUT2D eigenvalue weighted by Gasteiger charge is -2.27. The lowest BCUT2D eigenvalue weighted by atomic mass is 10.0. The molecule has 5 heteroatoms. The summed E-state index contributed by atoms with van der Waals surface area (Å²) in [6, 6.07) is 10.5. The van der Waals surface area contributed by atoms with Crippen molar-refractivity contribution in [3.63, 3.8) is 0 Å². The normalized spacial score (nSPS) is 18.5. The predicted molar refractivity (Wildman–Crippen MR) is 81.1 cm³/mol. The van der Waals surface area contributed by atoms with Gasteiger partial charge in [0.25, 0.3) is 0 Å². The van der Waals surface area contributed by atoms with E-state index < -0.39 is 0 Å². The van der Waals surface area contributed by atoms with E-state index in [1.165, 1.54) is 5.56 Å². The first kappa shape index (κ1) is 14.2. The van der Waals surface area contributed by atoms with Crippen LogP contribution in [-0.2, 0) is 17.7 Å². The van der Waals surface area contributed by atoms with Crippen molar-refractivity contribution >= 4 is 0 Å². The number of benzene rings is 1. The molecule has 0 spiro atoms. The molecular formula is C16H22N4O. The minimum Gasteiger partial charge on any atom is -0.378 e. The van der Waals surface area contributed by atoms with Crippen LogP contribution in [0.1, 0.15) is 37.1 Å². The fourth-order valence-electron chi connectivity index (χ4n) is 2.71. The molecule has 0 fully saturated rings. The van der Waals surface area contributed by atoms with Crippen molar-refractivity contribution in [1.29, 1.82) is 0 Å². The van der Waals surface area contributed by atoms with Gasteiger partial charge in [-0.1, -0.05) is 30.3 Å². The topological polar surface area (TPSA) is 52.0 Å². The van der Waals surface area contributed by atoms with Gasteiger partial charge >= 0.3 is 0 Å². The molecular weight excluding hydrogens is 264 g/mol. The maximum absolute atomic E-state index is 5.52. The van der Waals surface area contributed by atoms with Crippen LogP contribution >= 0.6 is 0 Å². The second-order valence-corrected chi connectivity index (χ2v) is 6.06. The molecule has 2 aromatic rings. The van der Waals surface area contributed by atoms with Crippen LogP contribution < -0.4 is 5.32 Å². The van der Waals surface area contributed by atoms with Crippen molar-refractivity contribution in [2.45, 2.75) is 38.5 Å². The van der Waals surface area contributed by atoms with E-state index in [2.05, 4.69) is 58.2 Å². The molecule has 0 radical (unpaired) electrons. The number of rotatable bonds is 4. The van der Waals surface area contributed by atoms with E-state index in [0.29, 0.717) is 0 Å². The lowest BCUT2D eigenvalue weighted by molar-refractivity contribution is 0.0207. The molecule has 0 saturated carbocycles. The predicted octanol–water partition coefficient (Wildman–Crippen LogP) is 1.94. The summed E-state index contributed by atoms with van der Waals surface area (Å²) in [5.74, 6) is 1.99. The van der Waals surface area contributed by atoms with E-state index in [1.54, 1.807) is 7.11 Å². The third-order valence-corrected chi connectivity index (χ3v) is 4.07. The van der Waals surface area contributed by atoms with Crippen molar-refractivity contribution in [3.05, 3.63) is 47.5 Å². The van der Waals surface area contributed by atoms with E-state index in [1.807, 2.05) is 6.07 Å². The van der Waals surface area contributed by atoms with Crippen LogP contribution in [0, 0.1) is 0 Å². The van der Waals surface area contributed by atoms with Gasteiger partial charge < -0.3 is 14.6 Å². The van der Waals surface area contributed by atoms with Gasteiger partial charge in [0.05, 0.1) is 11.6 Å². The van der Waals surface area contributed by atoms with Gasteiger partial charge in [-0.15, -0.1) is 10.2 Å². The van der Waals surface area contributed by atoms with Gasteiger partial charge in [0.2, 0.25) is 0 Å². The zero-order valence-corrected chi connectivity index (χ0v) is 12.8. The summed E-state index contributed by atoms with van der Waals surface area (Å²) >= 11 is 0. The number of nitrogens with zero attached hydrogens (tertiary/aromatic N) is 3. The first-order valence-corrected chi connectivity index (χ1v) is 7.36. The number of methoxy groups -OCH3 is 1. The number of hydrogen-bond acceptors (Lipinski definition) is 4. The van der Waals surface area contributed by atoms with E-state index >= 15 is 0 Å². The fourth-order valence-corrected chi connectivity index (χ4v) is 2.71. The Morgan fingerprint density at radius 2 is 2.05 bits per heavy atom. The summed E-state index contributed by atoms with van der Waals surface area (Å²) in [5.41, 5.74) is 1.00. The quantitative estimate of drug-likeness (QED) is 0.933. The van der Waals surface area contributed by atoms with E-state index in [-0.39, 0.29) is 11.6 Å². The van der Waals surface area contributed by atoms with Crippen molar-refractivity contribution < 1.29 is 4.74 Å². The Bertz CT molecular complexity index is 606. The molecule has 1 aliphatic rings. The van der Waals surface area contributed by atoms with Crippen molar-refractivity contribution in [2.75, 3.05) is 13.7 Å². The molecule has 1 N–H and O–H groups in total. The molecule has 1 unspecified atom stereocenters. The van der Waals surface area contributed by atoms with Crippen LogP contribution in [0.2, 0.25) is 0 Å². The molecule has 0 bridgehead atoms. The Kier molecular flexibility index (Phi) is 3.78. The van der Waals surface area contributed by atoms with Crippen LogP contribution in [0.4, 0.5) is 0 Å². The van der Waals surface area contributed by atoms with Crippen LogP contribution in [0.5, 0.6) is 0 Å². The van der Waals surface area contributed by atoms with Crippen LogP contribution in [0.3, 0.4) is 0 Å². The highest BCUT2D eigenvalue weighted by Gasteiger charge is 2.28. The number of ether oxygens (including phenoxy) is 1. The first-order valence-electron chi connectivity index (χ1n) is 7.36. The Labute approximate surface area is 125 Å². The minimum absolute atomic E-state index is 0.117. The number of nitrogens with one attached hydrogen (secondary N) is 1. The van der Waals surface area contributed by atoms with Crippen LogP contribution in [-0.4, -0.2) is 34.0 Å². The van der Waals surface area contributed by atoms with Gasteiger partial charge in [-0.3, -0.25) is 0 Å². The number of aromatic nitrogens is 3. The Morgan fingerprint density at radius 1 is 1.29 bits per heavy atom. The largest absolute Gasteiger partial charge is 0.378 e. The second kappa shape index (κ2) is 5.58. The summed E-state index contributed by atoms with van der Waals surface area (Å²) in [5, 5.41) is 12.4. The Morgan fingerprint density at radius 3 is 2.76 bits per heavy atom. The monoisotopic (exact) mass is 286 g/mol. The molecule has 3 rings (SSSR count). The standard InChI is InChI=1S/C16H22N4O/c1-16(2,21-3)11-13-18-19-15-14(17-9-10-20(13)15)12-7-5-4-6-8-12/h4-8,14,17H,9-11H2,1-3H3. The molecule has 0 amide bonds. The van der Waals surface area contributed by atoms with Gasteiger partial charge in [0, 0.05) is 26.6 Å². The Balaban J connectivity index is 1.92. The smallest absolute Gasteiger partial charge is 0.154 e. The average Bonchev–Trinajstić information content (AvgIpc) is 2.91. The first-order chi connectivity index (χ1) is 10.1. The van der Waals surface area contributed by atoms with Gasteiger partial charge in [-0.25, -0.2) is 0 Å². The molecule has 1 aromatic carbocycles. The third kappa shape index (κ3) is 2.84. The SMILES string of the molecule is COC(C)(C)Cc1nnc2n1CCNC2c1ccccc1. The average molecular weight is 286 g/mol. The van der Waals surface area contributed by atoms with E-state index in [9.17, 15) is 0 Å². The molecule has 5 nitrogen and oxygen atoms in total. The molecule has 0 aliphatic carbocycles. The van der Waals surface area contributed by atoms with Crippen molar-refractivity contribution in [2.24, 2.45) is 0 Å². The fraction of sp³-hybridized carbons (Fsp3) is 0.500. The molecule has 1 atom stereocenters. The van der Waals surface area contributed by atoms with E-state index in [0.717, 1.165) is 31.2 Å². The van der Waals surface area contributed by atoms with Crippen molar-refractivity contribution in [1.82, 2.24) is 20.1 Å². The van der Waals surface area contributed by atoms with Crippen LogP contribution in [0.15, 0.2) is 30.3 Å². The second-order valence-electron chi connectivity index (χ2n) is 6.06. The van der Waals surface area contributed by atoms with Gasteiger partial charge in [-0.05, 0) is 19.4 Å². The van der Waals surface area contributed by atoms with Crippen LogP contribution in [0.25, 0.3) is 0 Å². The number of hydrogen-bond donors (Lipinski definition) is 1. The molecule has 1 aliphatic heterocycles. The highest BCUT2D eigenvalue weighted by Crippen LogP contribution is 2.25. The zero-order chi connectivity index (χ0) is 14.9. The summed E-state index contributed by atoms with van der Waals surface area (Å²) in [6.07, 6.45) is 0.762. The van der Waals surface area contributed by atoms with Gasteiger partial charge in [0.1, 0.15) is 5.82 Å². The molecule has 2 heterocycles. The highest BCUT2D eigenvalue weighted by molar-refractivity contribution is 5.26. The molecule has 0 saturated heterocycles. The lowest BCUT2D eigenvalue weighted by Crippen LogP contribution is -2.36. The summed E-state index contributed by atoms with van der Waals surface area (Å²) in [7, 11) is 1.74. The third-order valence-electron chi connectivity index (χ3n) is 4.07. The minimum atomic E-state index is -0.225. The zero-order valence-electron chi connectivity index (χ0n) is 12.8. The summed E-state index contributed by atoms with van der Waals surface area (Å²) in [4.78, 5) is 0. The number of fused-ring (bicyclic) bond motifs is 1.